The lowest BCUT2D eigenvalue weighted by atomic mass is 10.2. The van der Waals surface area contributed by atoms with Gasteiger partial charge in [0.25, 0.3) is 0 Å². The highest BCUT2D eigenvalue weighted by atomic mass is 32.2. The fraction of sp³-hybridized carbons (Fsp3) is 0.133. The van der Waals surface area contributed by atoms with Gasteiger partial charge in [-0.1, -0.05) is 23.8 Å². The van der Waals surface area contributed by atoms with E-state index in [0.29, 0.717) is 0 Å². The average molecular weight is 325 g/mol. The van der Waals surface area contributed by atoms with E-state index < -0.39 is 26.8 Å². The van der Waals surface area contributed by atoms with Crippen molar-refractivity contribution in [3.63, 3.8) is 0 Å². The first-order valence-corrected chi connectivity index (χ1v) is 7.86. The smallest absolute Gasteiger partial charge is 0.208 e. The lowest BCUT2D eigenvalue weighted by molar-refractivity contribution is -0.109. The Balaban J connectivity index is 2.52. The van der Waals surface area contributed by atoms with Crippen molar-refractivity contribution in [2.75, 3.05) is 0 Å². The van der Waals surface area contributed by atoms with Gasteiger partial charge in [0.2, 0.25) is 16.2 Å². The molecule has 2 aromatic rings. The molecule has 0 saturated carbocycles. The Morgan fingerprint density at radius 1 is 1.05 bits per heavy atom. The predicted octanol–water partition coefficient (Wildman–Crippen LogP) is 2.49. The van der Waals surface area contributed by atoms with Crippen LogP contribution in [0.15, 0.2) is 47.4 Å². The quantitative estimate of drug-likeness (QED) is 0.859. The maximum atomic E-state index is 13.3. The Bertz CT molecular complexity index is 789. The van der Waals surface area contributed by atoms with Gasteiger partial charge in [-0.3, -0.25) is 4.79 Å². The molecule has 22 heavy (non-hydrogen) atoms. The maximum absolute atomic E-state index is 13.3. The van der Waals surface area contributed by atoms with Gasteiger partial charge in [0.05, 0.1) is 4.90 Å². The minimum absolute atomic E-state index is 0.0258. The Labute approximate surface area is 126 Å². The van der Waals surface area contributed by atoms with Crippen LogP contribution in [-0.4, -0.2) is 14.8 Å². The first-order chi connectivity index (χ1) is 10.4. The highest BCUT2D eigenvalue weighted by molar-refractivity contribution is 7.91. The molecular weight excluding hydrogens is 312 g/mol. The number of carbonyl (C=O) groups excluding carboxylic acids is 1. The van der Waals surface area contributed by atoms with Crippen LogP contribution < -0.4 is 5.32 Å². The van der Waals surface area contributed by atoms with Crippen LogP contribution in [0.5, 0.6) is 0 Å². The van der Waals surface area contributed by atoms with Gasteiger partial charge in [0.1, 0.15) is 0 Å². The zero-order valence-electron chi connectivity index (χ0n) is 11.6. The minimum Gasteiger partial charge on any atom is -0.338 e. The van der Waals surface area contributed by atoms with Crippen molar-refractivity contribution in [1.82, 2.24) is 5.32 Å². The van der Waals surface area contributed by atoms with Crippen molar-refractivity contribution in [1.29, 1.82) is 0 Å². The standard InChI is InChI=1S/C15H13F2NO3S/c1-10-2-5-12(6-3-10)22(20,21)15(18-9-19)11-4-7-13(16)14(17)8-11/h2-9,15H,1H3,(H,18,19). The Morgan fingerprint density at radius 3 is 2.23 bits per heavy atom. The molecule has 0 saturated heterocycles. The SMILES string of the molecule is Cc1ccc(S(=O)(=O)C(NC=O)c2ccc(F)c(F)c2)cc1. The van der Waals surface area contributed by atoms with E-state index >= 15 is 0 Å². The molecule has 0 aliphatic heterocycles. The monoisotopic (exact) mass is 325 g/mol. The van der Waals surface area contributed by atoms with E-state index in [4.69, 9.17) is 0 Å². The van der Waals surface area contributed by atoms with Gasteiger partial charge in [-0.25, -0.2) is 17.2 Å². The summed E-state index contributed by atoms with van der Waals surface area (Å²) >= 11 is 0. The summed E-state index contributed by atoms with van der Waals surface area (Å²) in [5.41, 5.74) is 0.804. The molecule has 1 amide bonds. The van der Waals surface area contributed by atoms with Gasteiger partial charge < -0.3 is 5.32 Å². The highest BCUT2D eigenvalue weighted by Gasteiger charge is 2.29. The summed E-state index contributed by atoms with van der Waals surface area (Å²) in [4.78, 5) is 10.7. The van der Waals surface area contributed by atoms with Gasteiger partial charge in [0, 0.05) is 0 Å². The molecule has 2 rings (SSSR count). The normalized spacial score (nSPS) is 12.7. The molecule has 116 valence electrons. The summed E-state index contributed by atoms with van der Waals surface area (Å²) in [5.74, 6) is -2.28. The largest absolute Gasteiger partial charge is 0.338 e. The van der Waals surface area contributed by atoms with Gasteiger partial charge in [-0.2, -0.15) is 0 Å². The Hall–Kier alpha value is -2.28. The number of halogens is 2. The third kappa shape index (κ3) is 3.14. The first kappa shape index (κ1) is 16.1. The third-order valence-corrected chi connectivity index (χ3v) is 5.08. The summed E-state index contributed by atoms with van der Waals surface area (Å²) in [6.45, 7) is 1.80. The van der Waals surface area contributed by atoms with E-state index in [1.807, 2.05) is 0 Å². The van der Waals surface area contributed by atoms with Crippen LogP contribution in [0.1, 0.15) is 16.5 Å². The van der Waals surface area contributed by atoms with E-state index in [1.165, 1.54) is 12.1 Å². The zero-order chi connectivity index (χ0) is 16.3. The number of hydrogen-bond donors (Lipinski definition) is 1. The van der Waals surface area contributed by atoms with E-state index in [0.717, 1.165) is 23.8 Å². The first-order valence-electron chi connectivity index (χ1n) is 6.31. The Kier molecular flexibility index (Phi) is 4.56. The molecule has 0 radical (unpaired) electrons. The van der Waals surface area contributed by atoms with E-state index in [2.05, 4.69) is 5.32 Å². The van der Waals surface area contributed by atoms with Crippen LogP contribution in [0.25, 0.3) is 0 Å². The number of benzene rings is 2. The number of nitrogens with one attached hydrogen (secondary N) is 1. The molecule has 1 unspecified atom stereocenters. The highest BCUT2D eigenvalue weighted by Crippen LogP contribution is 2.27. The van der Waals surface area contributed by atoms with Crippen LogP contribution in [-0.2, 0) is 14.6 Å². The molecule has 0 fully saturated rings. The topological polar surface area (TPSA) is 63.2 Å². The summed E-state index contributed by atoms with van der Waals surface area (Å²) in [6.07, 6.45) is 0.206. The molecule has 1 N–H and O–H groups in total. The minimum atomic E-state index is -3.99. The maximum Gasteiger partial charge on any atom is 0.208 e. The summed E-state index contributed by atoms with van der Waals surface area (Å²) < 4.78 is 51.5. The van der Waals surface area contributed by atoms with E-state index in [-0.39, 0.29) is 16.9 Å². The molecule has 0 aliphatic rings. The number of amides is 1. The molecule has 4 nitrogen and oxygen atoms in total. The van der Waals surface area contributed by atoms with Crippen molar-refractivity contribution in [2.24, 2.45) is 0 Å². The molecule has 1 atom stereocenters. The molecule has 7 heteroatoms. The third-order valence-electron chi connectivity index (χ3n) is 3.13. The predicted molar refractivity (Wildman–Crippen MR) is 76.7 cm³/mol. The molecule has 2 aromatic carbocycles. The van der Waals surface area contributed by atoms with E-state index in [1.54, 1.807) is 19.1 Å². The van der Waals surface area contributed by atoms with E-state index in [9.17, 15) is 22.0 Å². The fourth-order valence-electron chi connectivity index (χ4n) is 1.97. The number of carbonyl (C=O) groups is 1. The molecular formula is C15H13F2NO3S. The number of sulfone groups is 1. The van der Waals surface area contributed by atoms with Gasteiger partial charge in [0.15, 0.2) is 17.0 Å². The van der Waals surface area contributed by atoms with Gasteiger partial charge in [-0.05, 0) is 36.8 Å². The van der Waals surface area contributed by atoms with Crippen molar-refractivity contribution < 1.29 is 22.0 Å². The Morgan fingerprint density at radius 2 is 1.68 bits per heavy atom. The molecule has 0 spiro atoms. The number of hydrogen-bond acceptors (Lipinski definition) is 3. The number of rotatable bonds is 5. The molecule has 0 aliphatic carbocycles. The average Bonchev–Trinajstić information content (AvgIpc) is 2.48. The van der Waals surface area contributed by atoms with Crippen molar-refractivity contribution in [3.8, 4) is 0 Å². The second-order valence-electron chi connectivity index (χ2n) is 4.70. The fourth-order valence-corrected chi connectivity index (χ4v) is 3.49. The lowest BCUT2D eigenvalue weighted by Gasteiger charge is -2.17. The zero-order valence-corrected chi connectivity index (χ0v) is 12.4. The van der Waals surface area contributed by atoms with Crippen LogP contribution in [0.3, 0.4) is 0 Å². The van der Waals surface area contributed by atoms with Crippen LogP contribution >= 0.6 is 0 Å². The lowest BCUT2D eigenvalue weighted by Crippen LogP contribution is -2.28. The number of aryl methyl sites for hydroxylation is 1. The van der Waals surface area contributed by atoms with Crippen LogP contribution in [0.4, 0.5) is 8.78 Å². The molecule has 0 aromatic heterocycles. The summed E-state index contributed by atoms with van der Waals surface area (Å²) in [7, 11) is -3.99. The molecule has 0 heterocycles. The second-order valence-corrected chi connectivity index (χ2v) is 6.73. The van der Waals surface area contributed by atoms with Gasteiger partial charge >= 0.3 is 0 Å². The van der Waals surface area contributed by atoms with Crippen LogP contribution in [0.2, 0.25) is 0 Å². The second kappa shape index (κ2) is 6.23. The van der Waals surface area contributed by atoms with Gasteiger partial charge in [-0.15, -0.1) is 0 Å². The van der Waals surface area contributed by atoms with Crippen LogP contribution in [0, 0.1) is 18.6 Å². The van der Waals surface area contributed by atoms with Crippen molar-refractivity contribution in [3.05, 3.63) is 65.2 Å². The molecule has 0 bridgehead atoms. The summed E-state index contributed by atoms with van der Waals surface area (Å²) in [5, 5.41) is 0.644. The van der Waals surface area contributed by atoms with Crippen molar-refractivity contribution in [2.45, 2.75) is 17.2 Å². The summed E-state index contributed by atoms with van der Waals surface area (Å²) in [6, 6.07) is 8.68. The van der Waals surface area contributed by atoms with Crippen molar-refractivity contribution >= 4 is 16.2 Å².